The number of ether oxygens (including phenoxy) is 1. The Morgan fingerprint density at radius 1 is 1.77 bits per heavy atom. The Kier molecular flexibility index (Phi) is 2.27. The van der Waals surface area contributed by atoms with Crippen LogP contribution >= 0.6 is 0 Å². The van der Waals surface area contributed by atoms with Gasteiger partial charge in [-0.25, -0.2) is 0 Å². The first-order chi connectivity index (χ1) is 6.00. The van der Waals surface area contributed by atoms with Crippen LogP contribution in [-0.2, 0) is 11.8 Å². The van der Waals surface area contributed by atoms with Crippen molar-refractivity contribution in [3.05, 3.63) is 16.2 Å². The van der Waals surface area contributed by atoms with Crippen molar-refractivity contribution in [3.8, 4) is 5.88 Å². The van der Waals surface area contributed by atoms with E-state index in [2.05, 4.69) is 9.84 Å². The highest BCUT2D eigenvalue weighted by Gasteiger charge is 2.17. The highest BCUT2D eigenvalue weighted by atomic mass is 16.6. The van der Waals surface area contributed by atoms with Gasteiger partial charge in [0.25, 0.3) is 0 Å². The molecule has 0 saturated heterocycles. The highest BCUT2D eigenvalue weighted by Crippen LogP contribution is 2.17. The molecule has 1 rings (SSSR count). The lowest BCUT2D eigenvalue weighted by molar-refractivity contribution is -0.389. The lowest BCUT2D eigenvalue weighted by atomic mass is 10.6. The SMILES string of the molecule is CC(=O)Oc1cc([N+](=O)[O-])nn1C. The van der Waals surface area contributed by atoms with Crippen LogP contribution in [0.1, 0.15) is 6.92 Å². The number of esters is 1. The summed E-state index contributed by atoms with van der Waals surface area (Å²) < 4.78 is 5.76. The summed E-state index contributed by atoms with van der Waals surface area (Å²) in [5, 5.41) is 13.7. The summed E-state index contributed by atoms with van der Waals surface area (Å²) >= 11 is 0. The van der Waals surface area contributed by atoms with E-state index in [1.54, 1.807) is 0 Å². The van der Waals surface area contributed by atoms with Gasteiger partial charge >= 0.3 is 11.8 Å². The van der Waals surface area contributed by atoms with Crippen molar-refractivity contribution in [1.82, 2.24) is 9.78 Å². The van der Waals surface area contributed by atoms with Gasteiger partial charge in [-0.2, -0.15) is 0 Å². The van der Waals surface area contributed by atoms with E-state index in [-0.39, 0.29) is 11.7 Å². The molecule has 0 N–H and O–H groups in total. The third-order valence-corrected chi connectivity index (χ3v) is 1.26. The summed E-state index contributed by atoms with van der Waals surface area (Å²) in [6.07, 6.45) is 0. The van der Waals surface area contributed by atoms with Gasteiger partial charge in [0.1, 0.15) is 6.07 Å². The molecule has 0 saturated carbocycles. The molecule has 13 heavy (non-hydrogen) atoms. The van der Waals surface area contributed by atoms with E-state index < -0.39 is 10.9 Å². The fourth-order valence-electron chi connectivity index (χ4n) is 0.768. The molecular weight excluding hydrogens is 178 g/mol. The summed E-state index contributed by atoms with van der Waals surface area (Å²) in [6, 6.07) is 1.08. The molecule has 1 aromatic heterocycles. The summed E-state index contributed by atoms with van der Waals surface area (Å²) in [6.45, 7) is 1.21. The Hall–Kier alpha value is -1.92. The molecule has 70 valence electrons. The van der Waals surface area contributed by atoms with Crippen molar-refractivity contribution >= 4 is 11.8 Å². The molecule has 0 spiro atoms. The van der Waals surface area contributed by atoms with Crippen molar-refractivity contribution in [2.75, 3.05) is 0 Å². The van der Waals surface area contributed by atoms with Crippen molar-refractivity contribution in [2.45, 2.75) is 6.92 Å². The van der Waals surface area contributed by atoms with Crippen LogP contribution in [0.2, 0.25) is 0 Å². The summed E-state index contributed by atoms with van der Waals surface area (Å²) in [5.74, 6) is -0.837. The van der Waals surface area contributed by atoms with Crippen LogP contribution in [-0.4, -0.2) is 20.7 Å². The first-order valence-corrected chi connectivity index (χ1v) is 3.37. The fourth-order valence-corrected chi connectivity index (χ4v) is 0.768. The standard InChI is InChI=1S/C6H7N3O4/c1-4(10)13-6-3-5(9(11)12)7-8(6)2/h3H,1-2H3. The number of nitro groups is 1. The second kappa shape index (κ2) is 3.21. The van der Waals surface area contributed by atoms with Crippen molar-refractivity contribution < 1.29 is 14.5 Å². The van der Waals surface area contributed by atoms with E-state index >= 15 is 0 Å². The Morgan fingerprint density at radius 3 is 2.77 bits per heavy atom. The van der Waals surface area contributed by atoms with E-state index in [4.69, 9.17) is 0 Å². The van der Waals surface area contributed by atoms with Gasteiger partial charge < -0.3 is 14.9 Å². The first-order valence-electron chi connectivity index (χ1n) is 3.37. The Balaban J connectivity index is 2.96. The van der Waals surface area contributed by atoms with E-state index in [1.165, 1.54) is 14.0 Å². The zero-order chi connectivity index (χ0) is 10.0. The molecule has 0 aliphatic carbocycles. The molecule has 0 aliphatic heterocycles. The van der Waals surface area contributed by atoms with Gasteiger partial charge in [-0.1, -0.05) is 0 Å². The van der Waals surface area contributed by atoms with Gasteiger partial charge in [0.15, 0.2) is 0 Å². The van der Waals surface area contributed by atoms with Crippen molar-refractivity contribution in [1.29, 1.82) is 0 Å². The van der Waals surface area contributed by atoms with Gasteiger partial charge in [0, 0.05) is 6.92 Å². The molecule has 0 unspecified atom stereocenters. The van der Waals surface area contributed by atoms with Gasteiger partial charge in [0.2, 0.25) is 5.88 Å². The topological polar surface area (TPSA) is 87.3 Å². The minimum absolute atomic E-state index is 0.0548. The van der Waals surface area contributed by atoms with Crippen LogP contribution < -0.4 is 4.74 Å². The lowest BCUT2D eigenvalue weighted by Gasteiger charge is -1.94. The average Bonchev–Trinajstić information content (AvgIpc) is 2.31. The number of hydrogen-bond donors (Lipinski definition) is 0. The predicted molar refractivity (Wildman–Crippen MR) is 41.2 cm³/mol. The van der Waals surface area contributed by atoms with E-state index in [0.29, 0.717) is 0 Å². The quantitative estimate of drug-likeness (QED) is 0.374. The van der Waals surface area contributed by atoms with Crippen LogP contribution in [0.15, 0.2) is 6.07 Å². The van der Waals surface area contributed by atoms with Gasteiger partial charge in [-0.3, -0.25) is 4.79 Å². The van der Waals surface area contributed by atoms with Crippen LogP contribution in [0.25, 0.3) is 0 Å². The van der Waals surface area contributed by atoms with Gasteiger partial charge in [-0.15, -0.1) is 4.68 Å². The Morgan fingerprint density at radius 2 is 2.38 bits per heavy atom. The summed E-state index contributed by atoms with van der Waals surface area (Å²) in [4.78, 5) is 20.1. The van der Waals surface area contributed by atoms with Gasteiger partial charge in [-0.05, 0) is 4.92 Å². The number of rotatable bonds is 2. The van der Waals surface area contributed by atoms with Crippen molar-refractivity contribution in [3.63, 3.8) is 0 Å². The van der Waals surface area contributed by atoms with E-state index in [9.17, 15) is 14.9 Å². The maximum absolute atomic E-state index is 10.5. The van der Waals surface area contributed by atoms with E-state index in [0.717, 1.165) is 10.7 Å². The molecule has 7 heteroatoms. The fraction of sp³-hybridized carbons (Fsp3) is 0.333. The maximum atomic E-state index is 10.5. The molecule has 0 atom stereocenters. The third-order valence-electron chi connectivity index (χ3n) is 1.26. The lowest BCUT2D eigenvalue weighted by Crippen LogP contribution is -2.05. The molecule has 1 aromatic rings. The molecule has 0 radical (unpaired) electrons. The molecule has 0 aliphatic rings. The predicted octanol–water partition coefficient (Wildman–Crippen LogP) is 0.254. The average molecular weight is 185 g/mol. The molecule has 0 fully saturated rings. The number of carbonyl (C=O) groups is 1. The Bertz CT molecular complexity index is 357. The molecule has 0 aromatic carbocycles. The van der Waals surface area contributed by atoms with Crippen LogP contribution in [0, 0.1) is 10.1 Å². The highest BCUT2D eigenvalue weighted by molar-refractivity contribution is 5.68. The second-order valence-corrected chi connectivity index (χ2v) is 2.32. The monoisotopic (exact) mass is 185 g/mol. The largest absolute Gasteiger partial charge is 0.406 e. The maximum Gasteiger partial charge on any atom is 0.393 e. The summed E-state index contributed by atoms with van der Waals surface area (Å²) in [5.41, 5.74) is 0. The van der Waals surface area contributed by atoms with Crippen LogP contribution in [0.5, 0.6) is 5.88 Å². The smallest absolute Gasteiger partial charge is 0.393 e. The Labute approximate surface area is 73.1 Å². The molecule has 0 bridgehead atoms. The number of carbonyl (C=O) groups excluding carboxylic acids is 1. The number of aromatic nitrogens is 2. The zero-order valence-corrected chi connectivity index (χ0v) is 7.05. The van der Waals surface area contributed by atoms with Gasteiger partial charge in [0.05, 0.1) is 12.1 Å². The van der Waals surface area contributed by atoms with E-state index in [1.807, 2.05) is 0 Å². The molecule has 0 amide bonds. The minimum atomic E-state index is -0.660. The molecule has 7 nitrogen and oxygen atoms in total. The number of nitrogens with zero attached hydrogens (tertiary/aromatic N) is 3. The summed E-state index contributed by atoms with van der Waals surface area (Å²) in [7, 11) is 1.45. The molecule has 1 heterocycles. The van der Waals surface area contributed by atoms with Crippen LogP contribution in [0.4, 0.5) is 5.82 Å². The zero-order valence-electron chi connectivity index (χ0n) is 7.05. The minimum Gasteiger partial charge on any atom is -0.406 e. The molecular formula is C6H7N3O4. The second-order valence-electron chi connectivity index (χ2n) is 2.32. The van der Waals surface area contributed by atoms with Crippen molar-refractivity contribution in [2.24, 2.45) is 7.05 Å². The number of aryl methyl sites for hydroxylation is 1. The third kappa shape index (κ3) is 2.01. The normalized spacial score (nSPS) is 9.69. The number of hydrogen-bond acceptors (Lipinski definition) is 5. The van der Waals surface area contributed by atoms with Crippen LogP contribution in [0.3, 0.4) is 0 Å². The first kappa shape index (κ1) is 9.17.